The molecular weight excluding hydrogens is 286 g/mol. The van der Waals surface area contributed by atoms with Crippen molar-refractivity contribution in [1.82, 2.24) is 14.7 Å². The van der Waals surface area contributed by atoms with Gasteiger partial charge in [0.25, 0.3) is 4.84 Å². The summed E-state index contributed by atoms with van der Waals surface area (Å²) in [5.41, 5.74) is 1.15. The summed E-state index contributed by atoms with van der Waals surface area (Å²) in [7, 11) is 0. The van der Waals surface area contributed by atoms with E-state index in [4.69, 9.17) is 16.6 Å². The maximum absolute atomic E-state index is 9.53. The smallest absolute Gasteiger partial charge is 0.288 e. The van der Waals surface area contributed by atoms with Crippen LogP contribution in [0.15, 0.2) is 34.7 Å². The second-order valence-corrected chi connectivity index (χ2v) is 5.76. The third-order valence-corrected chi connectivity index (χ3v) is 4.03. The predicted octanol–water partition coefficient (Wildman–Crippen LogP) is 2.21. The van der Waals surface area contributed by atoms with Crippen LogP contribution in [0.1, 0.15) is 24.3 Å². The SMILES string of the molecule is OC1CCN(Cn2nc(Cc3ccccc3)oc2=S)CC1. The topological polar surface area (TPSA) is 54.4 Å². The van der Waals surface area contributed by atoms with Crippen molar-refractivity contribution in [2.75, 3.05) is 13.1 Å². The molecule has 1 aliphatic rings. The van der Waals surface area contributed by atoms with Crippen LogP contribution >= 0.6 is 12.2 Å². The van der Waals surface area contributed by atoms with Crippen molar-refractivity contribution in [1.29, 1.82) is 0 Å². The van der Waals surface area contributed by atoms with E-state index in [0.29, 0.717) is 23.8 Å². The number of aliphatic hydroxyl groups is 1. The quantitative estimate of drug-likeness (QED) is 0.878. The highest BCUT2D eigenvalue weighted by Gasteiger charge is 2.18. The summed E-state index contributed by atoms with van der Waals surface area (Å²) in [5.74, 6) is 0.642. The van der Waals surface area contributed by atoms with E-state index >= 15 is 0 Å². The minimum atomic E-state index is -0.167. The fourth-order valence-corrected chi connectivity index (χ4v) is 2.73. The fraction of sp³-hybridized carbons (Fsp3) is 0.467. The molecule has 1 aromatic carbocycles. The number of aromatic nitrogens is 2. The molecule has 1 N–H and O–H groups in total. The van der Waals surface area contributed by atoms with Crippen LogP contribution in [-0.2, 0) is 13.1 Å². The molecule has 1 aromatic heterocycles. The molecule has 21 heavy (non-hydrogen) atoms. The van der Waals surface area contributed by atoms with Crippen LogP contribution < -0.4 is 0 Å². The van der Waals surface area contributed by atoms with E-state index in [1.807, 2.05) is 30.3 Å². The van der Waals surface area contributed by atoms with Crippen LogP contribution in [0.25, 0.3) is 0 Å². The molecule has 0 saturated carbocycles. The Hall–Kier alpha value is -1.50. The summed E-state index contributed by atoms with van der Waals surface area (Å²) in [6.07, 6.45) is 2.10. The van der Waals surface area contributed by atoms with E-state index in [-0.39, 0.29) is 6.10 Å². The molecule has 1 saturated heterocycles. The molecule has 2 aromatic rings. The number of benzene rings is 1. The summed E-state index contributed by atoms with van der Waals surface area (Å²) in [4.78, 5) is 2.64. The van der Waals surface area contributed by atoms with Crippen molar-refractivity contribution in [3.63, 3.8) is 0 Å². The molecule has 1 fully saturated rings. The van der Waals surface area contributed by atoms with Gasteiger partial charge in [-0.2, -0.15) is 0 Å². The summed E-state index contributed by atoms with van der Waals surface area (Å²) in [6, 6.07) is 10.1. The zero-order valence-corrected chi connectivity index (χ0v) is 12.6. The van der Waals surface area contributed by atoms with Gasteiger partial charge in [0, 0.05) is 13.1 Å². The van der Waals surface area contributed by atoms with Gasteiger partial charge in [-0.3, -0.25) is 4.90 Å². The zero-order valence-electron chi connectivity index (χ0n) is 11.8. The lowest BCUT2D eigenvalue weighted by Gasteiger charge is -2.28. The molecule has 6 heteroatoms. The highest BCUT2D eigenvalue weighted by molar-refractivity contribution is 7.71. The average Bonchev–Trinajstić information content (AvgIpc) is 2.82. The van der Waals surface area contributed by atoms with E-state index < -0.39 is 0 Å². The first kappa shape index (κ1) is 14.4. The molecule has 1 aliphatic heterocycles. The summed E-state index contributed by atoms with van der Waals surface area (Å²) in [5, 5.41) is 14.0. The Balaban J connectivity index is 1.66. The van der Waals surface area contributed by atoms with Crippen molar-refractivity contribution >= 4 is 12.2 Å². The Kier molecular flexibility index (Phi) is 4.48. The maximum Gasteiger partial charge on any atom is 0.288 e. The normalized spacial score (nSPS) is 17.2. The average molecular weight is 305 g/mol. The molecule has 0 radical (unpaired) electrons. The number of piperidine rings is 1. The minimum Gasteiger partial charge on any atom is -0.414 e. The lowest BCUT2D eigenvalue weighted by Crippen LogP contribution is -2.37. The molecule has 0 aliphatic carbocycles. The highest BCUT2D eigenvalue weighted by atomic mass is 32.1. The monoisotopic (exact) mass is 305 g/mol. The molecule has 3 rings (SSSR count). The summed E-state index contributed by atoms with van der Waals surface area (Å²) >= 11 is 5.24. The second kappa shape index (κ2) is 6.51. The number of nitrogens with zero attached hydrogens (tertiary/aromatic N) is 3. The van der Waals surface area contributed by atoms with Crippen molar-refractivity contribution in [2.24, 2.45) is 0 Å². The van der Waals surface area contributed by atoms with E-state index in [1.54, 1.807) is 4.68 Å². The summed E-state index contributed by atoms with van der Waals surface area (Å²) < 4.78 is 7.30. The Morgan fingerprint density at radius 3 is 2.67 bits per heavy atom. The van der Waals surface area contributed by atoms with Gasteiger partial charge in [-0.25, -0.2) is 4.68 Å². The molecule has 0 bridgehead atoms. The third kappa shape index (κ3) is 3.78. The first-order valence-electron chi connectivity index (χ1n) is 7.22. The Morgan fingerprint density at radius 2 is 1.95 bits per heavy atom. The van der Waals surface area contributed by atoms with Crippen LogP contribution in [0.3, 0.4) is 0 Å². The third-order valence-electron chi connectivity index (χ3n) is 3.74. The number of hydrogen-bond donors (Lipinski definition) is 1. The van der Waals surface area contributed by atoms with Gasteiger partial charge in [-0.1, -0.05) is 30.3 Å². The molecule has 112 valence electrons. The molecule has 0 amide bonds. The molecule has 0 spiro atoms. The van der Waals surface area contributed by atoms with Crippen LogP contribution in [0.5, 0.6) is 0 Å². The first-order valence-corrected chi connectivity index (χ1v) is 7.63. The lowest BCUT2D eigenvalue weighted by atomic mass is 10.1. The van der Waals surface area contributed by atoms with E-state index in [1.165, 1.54) is 0 Å². The van der Waals surface area contributed by atoms with Gasteiger partial charge in [0.15, 0.2) is 0 Å². The van der Waals surface area contributed by atoms with Crippen molar-refractivity contribution < 1.29 is 9.52 Å². The van der Waals surface area contributed by atoms with Crippen molar-refractivity contribution in [2.45, 2.75) is 32.0 Å². The zero-order chi connectivity index (χ0) is 14.7. The van der Waals surface area contributed by atoms with Gasteiger partial charge in [-0.05, 0) is 30.6 Å². The summed E-state index contributed by atoms with van der Waals surface area (Å²) in [6.45, 7) is 2.36. The molecule has 0 unspecified atom stereocenters. The van der Waals surface area contributed by atoms with Gasteiger partial charge in [0.05, 0.1) is 19.2 Å². The largest absolute Gasteiger partial charge is 0.414 e. The van der Waals surface area contributed by atoms with E-state index in [0.717, 1.165) is 31.5 Å². The van der Waals surface area contributed by atoms with Gasteiger partial charge >= 0.3 is 0 Å². The number of hydrogen-bond acceptors (Lipinski definition) is 5. The predicted molar refractivity (Wildman–Crippen MR) is 81.4 cm³/mol. The Labute approximate surface area is 128 Å². The van der Waals surface area contributed by atoms with Crippen LogP contribution in [0.2, 0.25) is 0 Å². The van der Waals surface area contributed by atoms with Crippen LogP contribution in [0, 0.1) is 4.84 Å². The minimum absolute atomic E-state index is 0.167. The Morgan fingerprint density at radius 1 is 1.24 bits per heavy atom. The van der Waals surface area contributed by atoms with Gasteiger partial charge in [-0.15, -0.1) is 5.10 Å². The van der Waals surface area contributed by atoms with Crippen molar-refractivity contribution in [3.8, 4) is 0 Å². The van der Waals surface area contributed by atoms with Gasteiger partial charge in [0.1, 0.15) is 0 Å². The van der Waals surface area contributed by atoms with E-state index in [9.17, 15) is 5.11 Å². The molecule has 0 atom stereocenters. The second-order valence-electron chi connectivity index (χ2n) is 5.41. The highest BCUT2D eigenvalue weighted by Crippen LogP contribution is 2.12. The fourth-order valence-electron chi connectivity index (χ4n) is 2.53. The molecule has 5 nitrogen and oxygen atoms in total. The number of aliphatic hydroxyl groups excluding tert-OH is 1. The van der Waals surface area contributed by atoms with Gasteiger partial charge < -0.3 is 9.52 Å². The lowest BCUT2D eigenvalue weighted by molar-refractivity contribution is 0.0646. The standard InChI is InChI=1S/C15H19N3O2S/c19-13-6-8-17(9-7-13)11-18-15(21)20-14(16-18)10-12-4-2-1-3-5-12/h1-5,13,19H,6-11H2. The first-order chi connectivity index (χ1) is 10.2. The number of rotatable bonds is 4. The van der Waals surface area contributed by atoms with Gasteiger partial charge in [0.2, 0.25) is 5.89 Å². The van der Waals surface area contributed by atoms with Crippen molar-refractivity contribution in [3.05, 3.63) is 46.6 Å². The Bertz CT molecular complexity index is 630. The molecular formula is C15H19N3O2S. The number of likely N-dealkylation sites (tertiary alicyclic amines) is 1. The van der Waals surface area contributed by atoms with Crippen LogP contribution in [-0.4, -0.2) is 39.0 Å². The van der Waals surface area contributed by atoms with E-state index in [2.05, 4.69) is 10.00 Å². The van der Waals surface area contributed by atoms with Crippen LogP contribution in [0.4, 0.5) is 0 Å². The molecule has 2 heterocycles. The maximum atomic E-state index is 9.53.